The van der Waals surface area contributed by atoms with Gasteiger partial charge in [0, 0.05) is 23.7 Å². The normalized spacial score (nSPS) is 31.2. The number of phosphoric ester groups is 1. The number of nitrogens with two attached hydrogens (primary N) is 1. The van der Waals surface area contributed by atoms with E-state index in [1.165, 1.54) is 24.3 Å². The predicted molar refractivity (Wildman–Crippen MR) is 207 cm³/mol. The van der Waals surface area contributed by atoms with Gasteiger partial charge in [-0.25, -0.2) is 46.1 Å². The van der Waals surface area contributed by atoms with Crippen LogP contribution in [0.15, 0.2) is 87.9 Å². The van der Waals surface area contributed by atoms with Crippen molar-refractivity contribution in [2.24, 2.45) is 0 Å². The van der Waals surface area contributed by atoms with Crippen LogP contribution in [-0.2, 0) is 52.5 Å². The van der Waals surface area contributed by atoms with Crippen molar-refractivity contribution in [2.75, 3.05) is 23.7 Å². The van der Waals surface area contributed by atoms with Crippen molar-refractivity contribution in [3.05, 3.63) is 105 Å². The number of hydrogen-bond donors (Lipinski definition) is 4. The number of rotatable bonds is 8. The fourth-order valence-electron chi connectivity index (χ4n) is 6.55. The van der Waals surface area contributed by atoms with Crippen molar-refractivity contribution >= 4 is 58.7 Å². The molecule has 3 aliphatic heterocycles. The number of ether oxygens (including phenoxy) is 2. The standard InChI is InChI=1S/C33H34F2N8O13P2S2/c1-17-2-6-19(7-3-17)41-60(49,50)20-8-4-18(5-9-20)14-59-58(48)52-13-22-27(25(35)31(54-22)43-16-39-26-29(36)37-15-38-30(26)43)55-57(46,47)51-12-21-24(34)28(56-58)32(53-21)42-11-10-23(44)40-33(42)45/h2-11,15-16,21-22,24-25,27-28,31-32,41H,12-14H2,1H3,(H,46,47)(H2,36,37,38)(H,40,44,45)/t21-,22-,24-,25-,27-,28-,31-,32-,58?/m1/s1. The quantitative estimate of drug-likeness (QED) is 0.162. The highest BCUT2D eigenvalue weighted by Gasteiger charge is 2.55. The van der Waals surface area contributed by atoms with Crippen molar-refractivity contribution in [3.8, 4) is 0 Å². The summed E-state index contributed by atoms with van der Waals surface area (Å²) in [4.78, 5) is 49.4. The van der Waals surface area contributed by atoms with Crippen LogP contribution < -0.4 is 21.7 Å². The molecule has 2 bridgehead atoms. The van der Waals surface area contributed by atoms with Gasteiger partial charge in [-0.05, 0) is 48.1 Å². The van der Waals surface area contributed by atoms with Gasteiger partial charge in [0.05, 0.1) is 24.4 Å². The second kappa shape index (κ2) is 16.5. The Bertz CT molecular complexity index is 2730. The summed E-state index contributed by atoms with van der Waals surface area (Å²) in [6.07, 6.45) is -12.1. The molecule has 0 spiro atoms. The summed E-state index contributed by atoms with van der Waals surface area (Å²) < 4.78 is 125. The number of aromatic nitrogens is 6. The largest absolute Gasteiger partial charge is 0.472 e. The average molecular weight is 915 g/mol. The topological polar surface area (TPSA) is 280 Å². The van der Waals surface area contributed by atoms with Crippen molar-refractivity contribution in [1.29, 1.82) is 0 Å². The summed E-state index contributed by atoms with van der Waals surface area (Å²) in [5.74, 6) is -0.241. The Morgan fingerprint density at radius 1 is 0.917 bits per heavy atom. The number of benzene rings is 2. The van der Waals surface area contributed by atoms with Gasteiger partial charge in [-0.1, -0.05) is 29.8 Å². The Balaban J connectivity index is 1.10. The number of aromatic amines is 1. The molecule has 3 fully saturated rings. The molecule has 10 atom stereocenters. The summed E-state index contributed by atoms with van der Waals surface area (Å²) in [5.41, 5.74) is 5.83. The van der Waals surface area contributed by atoms with E-state index in [0.717, 1.165) is 39.6 Å². The number of nitrogens with one attached hydrogen (secondary N) is 2. The number of nitrogens with zero attached hydrogens (tertiary/aromatic N) is 5. The lowest BCUT2D eigenvalue weighted by molar-refractivity contribution is -0.0635. The van der Waals surface area contributed by atoms with Gasteiger partial charge in [0.2, 0.25) is 0 Å². The fourth-order valence-corrected chi connectivity index (χ4v) is 11.9. The molecule has 3 saturated heterocycles. The predicted octanol–water partition coefficient (Wildman–Crippen LogP) is 3.50. The Morgan fingerprint density at radius 3 is 2.37 bits per heavy atom. The molecular formula is C33H34F2N8O13P2S2. The SMILES string of the molecule is Cc1ccc(NS(=O)(=O)c2ccc(CSP3(=O)OC[C@H]4O[C@@H](n5cnc6c(N)ncnc65)[C@H](F)[C@@H]4OP(=O)(O)OC[C@H]4O[C@@H](n5ccc(=O)[nH]c5=O)[C@H](O3)[C@@H]4F)cc2)cc1. The van der Waals surface area contributed by atoms with E-state index in [9.17, 15) is 32.0 Å². The first-order valence-corrected chi connectivity index (χ1v) is 23.9. The molecule has 0 amide bonds. The van der Waals surface area contributed by atoms with E-state index in [1.54, 1.807) is 24.3 Å². The molecule has 3 aliphatic rings. The molecule has 60 heavy (non-hydrogen) atoms. The number of H-pyrrole nitrogens is 1. The van der Waals surface area contributed by atoms with Crippen molar-refractivity contribution in [3.63, 3.8) is 0 Å². The summed E-state index contributed by atoms with van der Waals surface area (Å²) in [7, 11) is -9.29. The number of phosphoric acid groups is 1. The lowest BCUT2D eigenvalue weighted by Gasteiger charge is -2.27. The van der Waals surface area contributed by atoms with Crippen LogP contribution >= 0.6 is 26.0 Å². The van der Waals surface area contributed by atoms with E-state index in [4.69, 9.17) is 33.3 Å². The number of imidazole rings is 1. The maximum atomic E-state index is 16.4. The first kappa shape index (κ1) is 42.3. The summed E-state index contributed by atoms with van der Waals surface area (Å²) >= 11 is 0.513. The number of nitrogen functional groups attached to an aromatic ring is 1. The van der Waals surface area contributed by atoms with Crippen LogP contribution in [0.2, 0.25) is 0 Å². The van der Waals surface area contributed by atoms with Crippen LogP contribution in [0.3, 0.4) is 0 Å². The van der Waals surface area contributed by atoms with E-state index in [0.29, 0.717) is 22.6 Å². The molecule has 2 aromatic carbocycles. The second-order valence-corrected chi connectivity index (χ2v) is 20.8. The van der Waals surface area contributed by atoms with Gasteiger partial charge in [0.1, 0.15) is 36.3 Å². The Labute approximate surface area is 341 Å². The van der Waals surface area contributed by atoms with Gasteiger partial charge in [-0.2, -0.15) is 0 Å². The minimum absolute atomic E-state index is 0.0294. The lowest BCUT2D eigenvalue weighted by Crippen LogP contribution is -2.37. The van der Waals surface area contributed by atoms with E-state index in [-0.39, 0.29) is 27.6 Å². The second-order valence-electron chi connectivity index (χ2n) is 13.7. The highest BCUT2D eigenvalue weighted by atomic mass is 32.7. The zero-order chi connectivity index (χ0) is 42.6. The van der Waals surface area contributed by atoms with Crippen LogP contribution in [0.25, 0.3) is 11.2 Å². The monoisotopic (exact) mass is 914 g/mol. The van der Waals surface area contributed by atoms with Gasteiger partial charge < -0.3 is 20.1 Å². The summed E-state index contributed by atoms with van der Waals surface area (Å²) in [6.45, 7) is -4.77. The molecule has 8 rings (SSSR count). The maximum absolute atomic E-state index is 16.4. The molecule has 0 saturated carbocycles. The van der Waals surface area contributed by atoms with Crippen LogP contribution in [0.4, 0.5) is 20.3 Å². The number of sulfonamides is 1. The minimum Gasteiger partial charge on any atom is -0.382 e. The third-order valence-corrected chi connectivity index (χ3v) is 15.6. The smallest absolute Gasteiger partial charge is 0.382 e. The van der Waals surface area contributed by atoms with Crippen LogP contribution in [0, 0.1) is 6.92 Å². The molecule has 27 heteroatoms. The number of fused-ring (bicyclic) bond motifs is 4. The van der Waals surface area contributed by atoms with E-state index in [2.05, 4.69) is 19.7 Å². The Hall–Kier alpha value is -4.39. The number of alkyl halides is 2. The van der Waals surface area contributed by atoms with E-state index >= 15 is 8.78 Å². The van der Waals surface area contributed by atoms with Gasteiger partial charge in [-0.3, -0.25) is 41.7 Å². The molecule has 6 heterocycles. The Morgan fingerprint density at radius 2 is 1.63 bits per heavy atom. The molecule has 3 aromatic heterocycles. The number of aryl methyl sites for hydroxylation is 1. The van der Waals surface area contributed by atoms with E-state index in [1.807, 2.05) is 11.9 Å². The molecular weight excluding hydrogens is 880 g/mol. The Kier molecular flexibility index (Phi) is 11.6. The van der Waals surface area contributed by atoms with Crippen molar-refractivity contribution in [2.45, 2.75) is 66.8 Å². The van der Waals surface area contributed by atoms with Crippen molar-refractivity contribution in [1.82, 2.24) is 29.1 Å². The first-order chi connectivity index (χ1) is 28.5. The van der Waals surface area contributed by atoms with Gasteiger partial charge in [0.25, 0.3) is 15.6 Å². The summed E-state index contributed by atoms with van der Waals surface area (Å²) in [6, 6.07) is 13.1. The average Bonchev–Trinajstić information content (AvgIpc) is 3.86. The molecule has 5 N–H and O–H groups in total. The number of halogens is 2. The van der Waals surface area contributed by atoms with Crippen LogP contribution in [0.1, 0.15) is 23.6 Å². The van der Waals surface area contributed by atoms with Crippen molar-refractivity contribution < 1.29 is 58.8 Å². The van der Waals surface area contributed by atoms with Gasteiger partial charge in [-0.15, -0.1) is 0 Å². The number of hydrogen-bond acceptors (Lipinski definition) is 17. The number of anilines is 2. The molecule has 320 valence electrons. The third-order valence-electron chi connectivity index (χ3n) is 9.55. The van der Waals surface area contributed by atoms with Gasteiger partial charge in [0.15, 0.2) is 36.3 Å². The van der Waals surface area contributed by atoms with Gasteiger partial charge >= 0.3 is 20.3 Å². The van der Waals surface area contributed by atoms with E-state index < -0.39 is 98.3 Å². The zero-order valence-corrected chi connectivity index (χ0v) is 34.2. The lowest BCUT2D eigenvalue weighted by atomic mass is 10.1. The molecule has 5 aromatic rings. The molecule has 2 unspecified atom stereocenters. The minimum atomic E-state index is -5.28. The summed E-state index contributed by atoms with van der Waals surface area (Å²) in [5, 5.41) is 0. The third kappa shape index (κ3) is 8.70. The first-order valence-electron chi connectivity index (χ1n) is 17.7. The molecule has 21 nitrogen and oxygen atoms in total. The van der Waals surface area contributed by atoms with Crippen LogP contribution in [0.5, 0.6) is 0 Å². The molecule has 0 aliphatic carbocycles. The zero-order valence-electron chi connectivity index (χ0n) is 30.8. The van der Waals surface area contributed by atoms with Crippen LogP contribution in [-0.4, -0.2) is 92.4 Å². The highest BCUT2D eigenvalue weighted by Crippen LogP contribution is 2.65. The fraction of sp³-hybridized carbons (Fsp3) is 0.364. The highest BCUT2D eigenvalue weighted by molar-refractivity contribution is 8.54. The molecule has 0 radical (unpaired) electrons. The maximum Gasteiger partial charge on any atom is 0.472 e.